The van der Waals surface area contributed by atoms with Crippen molar-refractivity contribution in [3.8, 4) is 0 Å². The van der Waals surface area contributed by atoms with Gasteiger partial charge in [0.25, 0.3) is 0 Å². The largest absolute Gasteiger partial charge is 0.383 e. The van der Waals surface area contributed by atoms with Gasteiger partial charge in [-0.15, -0.1) is 15.7 Å². The molecule has 0 radical (unpaired) electrons. The number of aromatic nitrogens is 2. The van der Waals surface area contributed by atoms with E-state index in [-0.39, 0.29) is 5.01 Å². The van der Waals surface area contributed by atoms with Crippen LogP contribution < -0.4 is 10.5 Å². The molecule has 30 heavy (non-hydrogen) atoms. The number of pyridine rings is 1. The highest BCUT2D eigenvalue weighted by Crippen LogP contribution is 2.41. The lowest BCUT2D eigenvalue weighted by molar-refractivity contribution is 0.0776. The number of amides is 2. The average molecular weight is 454 g/mol. The minimum Gasteiger partial charge on any atom is -0.383 e. The van der Waals surface area contributed by atoms with Gasteiger partial charge < -0.3 is 10.4 Å². The van der Waals surface area contributed by atoms with Crippen molar-refractivity contribution in [2.45, 2.75) is 68.6 Å². The van der Waals surface area contributed by atoms with Gasteiger partial charge in [0.15, 0.2) is 14.1 Å². The van der Waals surface area contributed by atoms with E-state index in [0.29, 0.717) is 22.9 Å². The Morgan fingerprint density at radius 3 is 2.73 bits per heavy atom. The minimum atomic E-state index is -3.87. The molecular formula is C19H24FN5O3S2. The first-order valence-corrected chi connectivity index (χ1v) is 12.2. The van der Waals surface area contributed by atoms with Crippen molar-refractivity contribution >= 4 is 33.0 Å². The molecule has 2 aromatic heterocycles. The van der Waals surface area contributed by atoms with E-state index in [1.54, 1.807) is 0 Å². The van der Waals surface area contributed by atoms with Crippen molar-refractivity contribution < 1.29 is 18.5 Å². The second-order valence-corrected chi connectivity index (χ2v) is 11.3. The SMILES string of the molecule is CC1CCc2c1nc1c(c2NC(=O)N=S(N)(=O)c2sc(C(C)(C)O)nc2F)CCC1. The summed E-state index contributed by atoms with van der Waals surface area (Å²) in [5.74, 6) is -0.788. The van der Waals surface area contributed by atoms with Gasteiger partial charge in [0, 0.05) is 11.4 Å². The number of nitrogens with two attached hydrogens (primary N) is 1. The first-order valence-electron chi connectivity index (χ1n) is 9.77. The van der Waals surface area contributed by atoms with E-state index >= 15 is 0 Å². The Bertz CT molecular complexity index is 1160. The lowest BCUT2D eigenvalue weighted by Crippen LogP contribution is -2.19. The summed E-state index contributed by atoms with van der Waals surface area (Å²) >= 11 is 0.642. The molecule has 2 amide bonds. The molecule has 4 N–H and O–H groups in total. The average Bonchev–Trinajstić information content (AvgIpc) is 3.33. The monoisotopic (exact) mass is 453 g/mol. The molecule has 2 unspecified atom stereocenters. The zero-order chi connectivity index (χ0) is 21.8. The number of urea groups is 1. The van der Waals surface area contributed by atoms with Crippen molar-refractivity contribution in [2.75, 3.05) is 5.32 Å². The lowest BCUT2D eigenvalue weighted by atomic mass is 10.0. The molecule has 2 heterocycles. The summed E-state index contributed by atoms with van der Waals surface area (Å²) in [6.07, 6.45) is 4.36. The molecule has 2 aliphatic carbocycles. The molecule has 2 aromatic rings. The quantitative estimate of drug-likeness (QED) is 0.656. The Morgan fingerprint density at radius 2 is 2.07 bits per heavy atom. The summed E-state index contributed by atoms with van der Waals surface area (Å²) in [5, 5.41) is 18.5. The normalized spacial score (nSPS) is 19.9. The maximum Gasteiger partial charge on any atom is 0.354 e. The summed E-state index contributed by atoms with van der Waals surface area (Å²) in [7, 11) is -3.87. The summed E-state index contributed by atoms with van der Waals surface area (Å²) < 4.78 is 30.2. The molecule has 0 aromatic carbocycles. The van der Waals surface area contributed by atoms with Gasteiger partial charge in [-0.05, 0) is 63.0 Å². The number of hydrogen-bond acceptors (Lipinski definition) is 6. The maximum absolute atomic E-state index is 14.2. The van der Waals surface area contributed by atoms with Crippen molar-refractivity contribution in [3.05, 3.63) is 33.5 Å². The smallest absolute Gasteiger partial charge is 0.354 e. The summed E-state index contributed by atoms with van der Waals surface area (Å²) in [4.78, 5) is 21.0. The van der Waals surface area contributed by atoms with Crippen LogP contribution in [-0.4, -0.2) is 25.3 Å². The van der Waals surface area contributed by atoms with Crippen LogP contribution in [0.15, 0.2) is 8.57 Å². The predicted molar refractivity (Wildman–Crippen MR) is 112 cm³/mol. The van der Waals surface area contributed by atoms with E-state index in [1.165, 1.54) is 13.8 Å². The number of carbonyl (C=O) groups is 1. The van der Waals surface area contributed by atoms with Crippen LogP contribution in [0.25, 0.3) is 0 Å². The van der Waals surface area contributed by atoms with E-state index in [4.69, 9.17) is 10.1 Å². The van der Waals surface area contributed by atoms with Crippen molar-refractivity contribution in [3.63, 3.8) is 0 Å². The minimum absolute atomic E-state index is 0.00236. The Hall–Kier alpha value is -1.95. The molecule has 0 saturated heterocycles. The lowest BCUT2D eigenvalue weighted by Gasteiger charge is -2.15. The Morgan fingerprint density at radius 1 is 1.33 bits per heavy atom. The number of halogens is 1. The summed E-state index contributed by atoms with van der Waals surface area (Å²) in [5.41, 5.74) is 3.20. The summed E-state index contributed by atoms with van der Waals surface area (Å²) in [6.45, 7) is 4.95. The first kappa shape index (κ1) is 21.3. The number of carbonyl (C=O) groups excluding carboxylic acids is 1. The summed E-state index contributed by atoms with van der Waals surface area (Å²) in [6, 6.07) is -0.901. The molecule has 4 rings (SSSR count). The zero-order valence-electron chi connectivity index (χ0n) is 17.0. The topological polar surface area (TPSA) is 131 Å². The highest BCUT2D eigenvalue weighted by atomic mass is 32.2. The Labute approximate surface area is 178 Å². The van der Waals surface area contributed by atoms with Crippen LogP contribution in [0, 0.1) is 5.95 Å². The van der Waals surface area contributed by atoms with Crippen molar-refractivity contribution in [1.82, 2.24) is 9.97 Å². The molecule has 0 aliphatic heterocycles. The maximum atomic E-state index is 14.2. The second kappa shape index (κ2) is 7.33. The zero-order valence-corrected chi connectivity index (χ0v) is 18.6. The number of hydrogen-bond donors (Lipinski definition) is 3. The van der Waals surface area contributed by atoms with Gasteiger partial charge in [0.2, 0.25) is 5.95 Å². The number of aryl methyl sites for hydroxylation is 1. The van der Waals surface area contributed by atoms with Gasteiger partial charge in [-0.3, -0.25) is 4.98 Å². The third-order valence-electron chi connectivity index (χ3n) is 5.45. The van der Waals surface area contributed by atoms with Gasteiger partial charge >= 0.3 is 6.03 Å². The number of fused-ring (bicyclic) bond motifs is 2. The molecule has 2 atom stereocenters. The van der Waals surface area contributed by atoms with Crippen LogP contribution in [-0.2, 0) is 34.8 Å². The van der Waals surface area contributed by atoms with Crippen LogP contribution in [0.2, 0.25) is 0 Å². The number of nitrogens with zero attached hydrogens (tertiary/aromatic N) is 3. The van der Waals surface area contributed by atoms with E-state index in [1.807, 2.05) is 0 Å². The standard InChI is InChI=1S/C19H24FN5O3S2/c1-9-7-8-11-13(9)22-12-6-4-5-10(12)14(11)23-18(26)25-30(21,28)16-15(20)24-17(29-16)19(2,3)27/h9,27H,4-8H2,1-3H3,(H3,21,22,23,25,26,28). The highest BCUT2D eigenvalue weighted by Gasteiger charge is 2.31. The van der Waals surface area contributed by atoms with Gasteiger partial charge in [0.1, 0.15) is 10.6 Å². The first-order chi connectivity index (χ1) is 14.0. The van der Waals surface area contributed by atoms with Crippen molar-refractivity contribution in [2.24, 2.45) is 9.50 Å². The van der Waals surface area contributed by atoms with Gasteiger partial charge in [-0.2, -0.15) is 4.39 Å². The molecular weight excluding hydrogens is 429 g/mol. The molecule has 8 nitrogen and oxygen atoms in total. The Kier molecular flexibility index (Phi) is 5.20. The van der Waals surface area contributed by atoms with E-state index in [9.17, 15) is 18.5 Å². The molecule has 0 spiro atoms. The molecule has 162 valence electrons. The predicted octanol–water partition coefficient (Wildman–Crippen LogP) is 3.38. The van der Waals surface area contributed by atoms with Crippen molar-refractivity contribution in [1.29, 1.82) is 0 Å². The third-order valence-corrected chi connectivity index (χ3v) is 8.69. The fraction of sp³-hybridized carbons (Fsp3) is 0.526. The Balaban J connectivity index is 1.69. The molecule has 0 saturated carbocycles. The fourth-order valence-electron chi connectivity index (χ4n) is 3.98. The van der Waals surface area contributed by atoms with E-state index in [2.05, 4.69) is 21.6 Å². The van der Waals surface area contributed by atoms with Gasteiger partial charge in [-0.25, -0.2) is 19.1 Å². The molecule has 11 heteroatoms. The molecule has 0 fully saturated rings. The van der Waals surface area contributed by atoms with Crippen LogP contribution in [0.3, 0.4) is 0 Å². The van der Waals surface area contributed by atoms with E-state index in [0.717, 1.165) is 54.6 Å². The highest BCUT2D eigenvalue weighted by molar-refractivity contribution is 7.93. The van der Waals surface area contributed by atoms with Crippen LogP contribution in [0.1, 0.15) is 67.1 Å². The van der Waals surface area contributed by atoms with Crippen LogP contribution in [0.4, 0.5) is 14.9 Å². The van der Waals surface area contributed by atoms with Crippen LogP contribution in [0.5, 0.6) is 0 Å². The molecule has 0 bridgehead atoms. The number of anilines is 1. The number of rotatable bonds is 3. The third kappa shape index (κ3) is 3.75. The van der Waals surface area contributed by atoms with E-state index < -0.39 is 31.7 Å². The molecule has 2 aliphatic rings. The fourth-order valence-corrected chi connectivity index (χ4v) is 6.15. The second-order valence-electron chi connectivity index (χ2n) is 8.32. The van der Waals surface area contributed by atoms with Crippen LogP contribution >= 0.6 is 11.3 Å². The van der Waals surface area contributed by atoms with Gasteiger partial charge in [0.05, 0.1) is 5.69 Å². The van der Waals surface area contributed by atoms with Gasteiger partial charge in [-0.1, -0.05) is 6.92 Å². The number of nitrogens with one attached hydrogen (secondary N) is 1. The number of thiazole rings is 1. The number of aliphatic hydroxyl groups is 1.